The van der Waals surface area contributed by atoms with Gasteiger partial charge in [-0.25, -0.2) is 4.79 Å². The molecule has 0 bridgehead atoms. The van der Waals surface area contributed by atoms with Crippen LogP contribution in [0, 0.1) is 5.92 Å². The second-order valence-electron chi connectivity index (χ2n) is 5.55. The maximum atomic E-state index is 11.8. The van der Waals surface area contributed by atoms with Crippen LogP contribution in [-0.4, -0.2) is 35.7 Å². The average molecular weight is 228 g/mol. The Bertz CT molecular complexity index is 248. The summed E-state index contributed by atoms with van der Waals surface area (Å²) in [5, 5.41) is 0. The minimum Gasteiger partial charge on any atom is -0.444 e. The van der Waals surface area contributed by atoms with Gasteiger partial charge in [0.15, 0.2) is 0 Å². The minimum absolute atomic E-state index is 0.210. The number of likely N-dealkylation sites (tertiary alicyclic amines) is 1. The largest absolute Gasteiger partial charge is 0.444 e. The Morgan fingerprint density at radius 1 is 1.50 bits per heavy atom. The van der Waals surface area contributed by atoms with E-state index in [-0.39, 0.29) is 12.1 Å². The molecule has 0 aliphatic carbocycles. The number of amides is 1. The van der Waals surface area contributed by atoms with E-state index in [4.69, 9.17) is 10.5 Å². The van der Waals surface area contributed by atoms with Gasteiger partial charge in [0, 0.05) is 19.1 Å². The summed E-state index contributed by atoms with van der Waals surface area (Å²) >= 11 is 0. The highest BCUT2D eigenvalue weighted by atomic mass is 16.6. The molecular weight excluding hydrogens is 204 g/mol. The molecule has 0 aromatic carbocycles. The maximum absolute atomic E-state index is 11.8. The topological polar surface area (TPSA) is 55.6 Å². The van der Waals surface area contributed by atoms with Gasteiger partial charge in [-0.3, -0.25) is 0 Å². The van der Waals surface area contributed by atoms with Gasteiger partial charge >= 0.3 is 6.09 Å². The van der Waals surface area contributed by atoms with Crippen molar-refractivity contribution >= 4 is 6.09 Å². The molecule has 4 nitrogen and oxygen atoms in total. The van der Waals surface area contributed by atoms with E-state index in [1.54, 1.807) is 4.90 Å². The predicted octanol–water partition coefficient (Wildman–Crippen LogP) is 1.98. The molecule has 1 saturated heterocycles. The summed E-state index contributed by atoms with van der Waals surface area (Å²) in [6.07, 6.45) is 1.68. The number of carbonyl (C=O) groups is 1. The Morgan fingerprint density at radius 3 is 2.62 bits per heavy atom. The van der Waals surface area contributed by atoms with Crippen molar-refractivity contribution in [3.05, 3.63) is 0 Å². The van der Waals surface area contributed by atoms with Gasteiger partial charge in [0.25, 0.3) is 0 Å². The fourth-order valence-corrected chi connectivity index (χ4v) is 1.97. The number of carbonyl (C=O) groups excluding carboxylic acids is 1. The first-order valence-electron chi connectivity index (χ1n) is 6.07. The molecule has 1 aliphatic heterocycles. The van der Waals surface area contributed by atoms with Gasteiger partial charge in [-0.05, 0) is 33.1 Å². The zero-order valence-corrected chi connectivity index (χ0v) is 10.8. The van der Waals surface area contributed by atoms with Crippen molar-refractivity contribution in [3.63, 3.8) is 0 Å². The van der Waals surface area contributed by atoms with Crippen LogP contribution in [0.2, 0.25) is 0 Å². The second-order valence-corrected chi connectivity index (χ2v) is 5.55. The number of rotatable bonds is 1. The third kappa shape index (κ3) is 3.67. The van der Waals surface area contributed by atoms with Crippen LogP contribution in [0.15, 0.2) is 0 Å². The van der Waals surface area contributed by atoms with E-state index in [0.29, 0.717) is 12.5 Å². The quantitative estimate of drug-likeness (QED) is 0.746. The lowest BCUT2D eigenvalue weighted by molar-refractivity contribution is 0.0146. The summed E-state index contributed by atoms with van der Waals surface area (Å²) < 4.78 is 5.35. The summed E-state index contributed by atoms with van der Waals surface area (Å²) in [5.74, 6) is 0.404. The van der Waals surface area contributed by atoms with Crippen molar-refractivity contribution < 1.29 is 9.53 Å². The number of hydrogen-bond acceptors (Lipinski definition) is 3. The van der Waals surface area contributed by atoms with Crippen LogP contribution < -0.4 is 5.73 Å². The Kier molecular flexibility index (Phi) is 4.19. The highest BCUT2D eigenvalue weighted by molar-refractivity contribution is 5.68. The summed E-state index contributed by atoms with van der Waals surface area (Å²) in [7, 11) is 0. The highest BCUT2D eigenvalue weighted by Gasteiger charge is 2.30. The molecule has 0 saturated carbocycles. The van der Waals surface area contributed by atoms with Crippen LogP contribution in [0.5, 0.6) is 0 Å². The molecule has 1 fully saturated rings. The third-order valence-corrected chi connectivity index (χ3v) is 2.97. The van der Waals surface area contributed by atoms with Crippen molar-refractivity contribution in [2.45, 2.75) is 52.2 Å². The Labute approximate surface area is 98.1 Å². The molecule has 0 spiro atoms. The molecule has 1 rings (SSSR count). The minimum atomic E-state index is -0.418. The van der Waals surface area contributed by atoms with Crippen LogP contribution >= 0.6 is 0 Å². The standard InChI is InChI=1S/C12H24N2O2/c1-5-9-8-14(7-6-10(9)13)11(15)16-12(2,3)4/h9-10H,5-8,13H2,1-4H3/t9-,10+/m1/s1. The van der Waals surface area contributed by atoms with Crippen molar-refractivity contribution in [1.82, 2.24) is 4.90 Å². The van der Waals surface area contributed by atoms with E-state index < -0.39 is 5.60 Å². The van der Waals surface area contributed by atoms with E-state index in [0.717, 1.165) is 19.4 Å². The number of ether oxygens (including phenoxy) is 1. The highest BCUT2D eigenvalue weighted by Crippen LogP contribution is 2.20. The molecule has 1 amide bonds. The van der Waals surface area contributed by atoms with Gasteiger partial charge in [-0.1, -0.05) is 13.3 Å². The molecule has 16 heavy (non-hydrogen) atoms. The third-order valence-electron chi connectivity index (χ3n) is 2.97. The second kappa shape index (κ2) is 5.04. The van der Waals surface area contributed by atoms with Gasteiger partial charge in [0.2, 0.25) is 0 Å². The molecule has 1 heterocycles. The Hall–Kier alpha value is -0.770. The first-order valence-corrected chi connectivity index (χ1v) is 6.07. The normalized spacial score (nSPS) is 26.7. The number of piperidine rings is 1. The first kappa shape index (κ1) is 13.3. The van der Waals surface area contributed by atoms with E-state index in [1.165, 1.54) is 0 Å². The van der Waals surface area contributed by atoms with Crippen LogP contribution in [0.1, 0.15) is 40.5 Å². The molecule has 0 aromatic heterocycles. The van der Waals surface area contributed by atoms with E-state index in [1.807, 2.05) is 20.8 Å². The van der Waals surface area contributed by atoms with Gasteiger partial charge in [-0.2, -0.15) is 0 Å². The number of nitrogens with zero attached hydrogens (tertiary/aromatic N) is 1. The lowest BCUT2D eigenvalue weighted by Gasteiger charge is -2.37. The molecule has 2 N–H and O–H groups in total. The number of hydrogen-bond donors (Lipinski definition) is 1. The fraction of sp³-hybridized carbons (Fsp3) is 0.917. The molecular formula is C12H24N2O2. The molecule has 0 aromatic rings. The van der Waals surface area contributed by atoms with E-state index in [2.05, 4.69) is 6.92 Å². The molecule has 1 aliphatic rings. The molecule has 0 unspecified atom stereocenters. The molecule has 4 heteroatoms. The lowest BCUT2D eigenvalue weighted by Crippen LogP contribution is -2.50. The van der Waals surface area contributed by atoms with Crippen molar-refractivity contribution in [3.8, 4) is 0 Å². The maximum Gasteiger partial charge on any atom is 0.410 e. The van der Waals surface area contributed by atoms with Crippen molar-refractivity contribution in [1.29, 1.82) is 0 Å². The van der Waals surface area contributed by atoms with Crippen molar-refractivity contribution in [2.75, 3.05) is 13.1 Å². The molecule has 0 radical (unpaired) electrons. The van der Waals surface area contributed by atoms with Crippen LogP contribution in [-0.2, 0) is 4.74 Å². The van der Waals surface area contributed by atoms with Crippen LogP contribution in [0.25, 0.3) is 0 Å². The first-order chi connectivity index (χ1) is 7.33. The summed E-state index contributed by atoms with van der Waals surface area (Å²) in [4.78, 5) is 13.6. The van der Waals surface area contributed by atoms with Crippen LogP contribution in [0.4, 0.5) is 4.79 Å². The zero-order valence-electron chi connectivity index (χ0n) is 10.8. The smallest absolute Gasteiger partial charge is 0.410 e. The lowest BCUT2D eigenvalue weighted by atomic mass is 9.91. The van der Waals surface area contributed by atoms with Crippen LogP contribution in [0.3, 0.4) is 0 Å². The van der Waals surface area contributed by atoms with Gasteiger partial charge in [0.1, 0.15) is 5.60 Å². The SMILES string of the molecule is CC[C@@H]1CN(C(=O)OC(C)(C)C)CC[C@@H]1N. The monoisotopic (exact) mass is 228 g/mol. The summed E-state index contributed by atoms with van der Waals surface area (Å²) in [5.41, 5.74) is 5.58. The van der Waals surface area contributed by atoms with E-state index in [9.17, 15) is 4.79 Å². The Balaban J connectivity index is 2.52. The van der Waals surface area contributed by atoms with Gasteiger partial charge in [-0.15, -0.1) is 0 Å². The Morgan fingerprint density at radius 2 is 2.12 bits per heavy atom. The van der Waals surface area contributed by atoms with Crippen molar-refractivity contribution in [2.24, 2.45) is 11.7 Å². The summed E-state index contributed by atoms with van der Waals surface area (Å²) in [6, 6.07) is 0.226. The zero-order chi connectivity index (χ0) is 12.3. The fourth-order valence-electron chi connectivity index (χ4n) is 1.97. The number of nitrogens with two attached hydrogens (primary N) is 1. The molecule has 2 atom stereocenters. The van der Waals surface area contributed by atoms with E-state index >= 15 is 0 Å². The summed E-state index contributed by atoms with van der Waals surface area (Å²) in [6.45, 7) is 9.22. The molecule has 94 valence electrons. The van der Waals surface area contributed by atoms with Gasteiger partial charge in [0.05, 0.1) is 0 Å². The predicted molar refractivity (Wildman–Crippen MR) is 64.2 cm³/mol. The van der Waals surface area contributed by atoms with Gasteiger partial charge < -0.3 is 15.4 Å². The average Bonchev–Trinajstić information content (AvgIpc) is 2.15.